The van der Waals surface area contributed by atoms with Crippen LogP contribution in [0.5, 0.6) is 0 Å². The van der Waals surface area contributed by atoms with Gasteiger partial charge in [-0.1, -0.05) is 6.92 Å². The molecule has 0 saturated carbocycles. The summed E-state index contributed by atoms with van der Waals surface area (Å²) in [6.45, 7) is 4.32. The summed E-state index contributed by atoms with van der Waals surface area (Å²) in [5.74, 6) is 0. The monoisotopic (exact) mass is 284 g/mol. The third kappa shape index (κ3) is 3.42. The Morgan fingerprint density at radius 1 is 1.38 bits per heavy atom. The number of pyridine rings is 1. The molecule has 3 rings (SSSR count). The van der Waals surface area contributed by atoms with Crippen molar-refractivity contribution in [2.45, 2.75) is 63.7 Å². The fourth-order valence-corrected chi connectivity index (χ4v) is 3.87. The number of nitriles is 1. The van der Waals surface area contributed by atoms with Gasteiger partial charge in [-0.15, -0.1) is 0 Å². The number of fused-ring (bicyclic) bond motifs is 2. The zero-order chi connectivity index (χ0) is 14.7. The SMILES string of the molecule is CCCN(Cc1ccnc(C#N)c1)C1CC2CCC(C1)N2. The molecule has 2 aliphatic rings. The second-order valence-electron chi connectivity index (χ2n) is 6.39. The van der Waals surface area contributed by atoms with Crippen LogP contribution >= 0.6 is 0 Å². The van der Waals surface area contributed by atoms with Crippen molar-refractivity contribution >= 4 is 0 Å². The predicted molar refractivity (Wildman–Crippen MR) is 82.6 cm³/mol. The zero-order valence-corrected chi connectivity index (χ0v) is 12.8. The van der Waals surface area contributed by atoms with Crippen LogP contribution in [0, 0.1) is 11.3 Å². The van der Waals surface area contributed by atoms with Gasteiger partial charge in [0.25, 0.3) is 0 Å². The van der Waals surface area contributed by atoms with E-state index in [1.54, 1.807) is 6.20 Å². The molecule has 0 radical (unpaired) electrons. The molecule has 0 aliphatic carbocycles. The van der Waals surface area contributed by atoms with E-state index in [1.165, 1.54) is 37.7 Å². The molecule has 2 aliphatic heterocycles. The maximum atomic E-state index is 8.99. The highest BCUT2D eigenvalue weighted by Gasteiger charge is 2.35. The van der Waals surface area contributed by atoms with Crippen LogP contribution in [-0.4, -0.2) is 34.6 Å². The van der Waals surface area contributed by atoms with Crippen molar-refractivity contribution in [2.75, 3.05) is 6.54 Å². The maximum absolute atomic E-state index is 8.99. The van der Waals surface area contributed by atoms with Crippen LogP contribution in [0.4, 0.5) is 0 Å². The molecule has 2 bridgehead atoms. The van der Waals surface area contributed by atoms with Gasteiger partial charge < -0.3 is 5.32 Å². The van der Waals surface area contributed by atoms with Crippen molar-refractivity contribution in [3.8, 4) is 6.07 Å². The summed E-state index contributed by atoms with van der Waals surface area (Å²) in [6, 6.07) is 8.23. The van der Waals surface area contributed by atoms with Gasteiger partial charge >= 0.3 is 0 Å². The van der Waals surface area contributed by atoms with Crippen molar-refractivity contribution in [1.29, 1.82) is 5.26 Å². The minimum atomic E-state index is 0.523. The molecule has 2 atom stereocenters. The molecule has 2 unspecified atom stereocenters. The summed E-state index contributed by atoms with van der Waals surface area (Å²) in [7, 11) is 0. The molecule has 0 aromatic carbocycles. The number of rotatable bonds is 5. The fraction of sp³-hybridized carbons (Fsp3) is 0.647. The second kappa shape index (κ2) is 6.55. The van der Waals surface area contributed by atoms with E-state index in [9.17, 15) is 0 Å². The number of piperidine rings is 1. The van der Waals surface area contributed by atoms with Gasteiger partial charge in [-0.2, -0.15) is 5.26 Å². The number of hydrogen-bond acceptors (Lipinski definition) is 4. The van der Waals surface area contributed by atoms with Gasteiger partial charge in [0, 0.05) is 30.9 Å². The molecule has 4 heteroatoms. The summed E-state index contributed by atoms with van der Waals surface area (Å²) in [5, 5.41) is 12.7. The van der Waals surface area contributed by atoms with Crippen LogP contribution in [-0.2, 0) is 6.54 Å². The summed E-state index contributed by atoms with van der Waals surface area (Å²) in [5.41, 5.74) is 1.73. The first-order valence-corrected chi connectivity index (χ1v) is 8.13. The molecule has 3 heterocycles. The minimum absolute atomic E-state index is 0.523. The van der Waals surface area contributed by atoms with E-state index in [2.05, 4.69) is 28.2 Å². The molecule has 112 valence electrons. The van der Waals surface area contributed by atoms with Crippen molar-refractivity contribution in [2.24, 2.45) is 0 Å². The Morgan fingerprint density at radius 2 is 2.14 bits per heavy atom. The Hall–Kier alpha value is -1.44. The topological polar surface area (TPSA) is 52.0 Å². The third-order valence-electron chi connectivity index (χ3n) is 4.80. The highest BCUT2D eigenvalue weighted by molar-refractivity contribution is 5.25. The van der Waals surface area contributed by atoms with E-state index in [4.69, 9.17) is 5.26 Å². The smallest absolute Gasteiger partial charge is 0.140 e. The lowest BCUT2D eigenvalue weighted by Crippen LogP contribution is -2.48. The van der Waals surface area contributed by atoms with Crippen LogP contribution in [0.25, 0.3) is 0 Å². The molecule has 0 spiro atoms. The van der Waals surface area contributed by atoms with Crippen LogP contribution in [0.1, 0.15) is 50.3 Å². The highest BCUT2D eigenvalue weighted by atomic mass is 15.2. The first-order valence-electron chi connectivity index (χ1n) is 8.13. The zero-order valence-electron chi connectivity index (χ0n) is 12.8. The van der Waals surface area contributed by atoms with E-state index in [0.717, 1.165) is 25.2 Å². The van der Waals surface area contributed by atoms with Gasteiger partial charge in [-0.05, 0) is 56.3 Å². The first-order chi connectivity index (χ1) is 10.3. The fourth-order valence-electron chi connectivity index (χ4n) is 3.87. The summed E-state index contributed by atoms with van der Waals surface area (Å²) < 4.78 is 0. The van der Waals surface area contributed by atoms with Gasteiger partial charge in [0.1, 0.15) is 11.8 Å². The van der Waals surface area contributed by atoms with E-state index < -0.39 is 0 Å². The minimum Gasteiger partial charge on any atom is -0.311 e. The van der Waals surface area contributed by atoms with Gasteiger partial charge in [0.05, 0.1) is 0 Å². The Labute approximate surface area is 127 Å². The maximum Gasteiger partial charge on any atom is 0.140 e. The predicted octanol–water partition coefficient (Wildman–Crippen LogP) is 2.45. The number of aromatic nitrogens is 1. The number of nitrogens with zero attached hydrogens (tertiary/aromatic N) is 3. The summed E-state index contributed by atoms with van der Waals surface area (Å²) in [4.78, 5) is 6.68. The Morgan fingerprint density at radius 3 is 2.81 bits per heavy atom. The normalized spacial score (nSPS) is 27.8. The van der Waals surface area contributed by atoms with E-state index in [-0.39, 0.29) is 0 Å². The van der Waals surface area contributed by atoms with Crippen molar-refractivity contribution in [3.05, 3.63) is 29.6 Å². The number of hydrogen-bond donors (Lipinski definition) is 1. The molecule has 0 amide bonds. The molecule has 1 N–H and O–H groups in total. The standard InChI is InChI=1S/C17H24N4/c1-2-7-21(12-13-5-6-19-16(8-13)11-18)17-9-14-3-4-15(10-17)20-14/h5-6,8,14-15,17,20H,2-4,7,9-10,12H2,1H3. The molecule has 2 saturated heterocycles. The van der Waals surface area contributed by atoms with Gasteiger partial charge in [-0.3, -0.25) is 4.90 Å². The van der Waals surface area contributed by atoms with E-state index in [1.807, 2.05) is 12.1 Å². The van der Waals surface area contributed by atoms with Crippen LogP contribution in [0.3, 0.4) is 0 Å². The summed E-state index contributed by atoms with van der Waals surface area (Å²) in [6.07, 6.45) is 8.16. The second-order valence-corrected chi connectivity index (χ2v) is 6.39. The van der Waals surface area contributed by atoms with Gasteiger partial charge in [-0.25, -0.2) is 4.98 Å². The lowest BCUT2D eigenvalue weighted by molar-refractivity contribution is 0.134. The van der Waals surface area contributed by atoms with Crippen molar-refractivity contribution in [1.82, 2.24) is 15.2 Å². The number of nitrogens with one attached hydrogen (secondary N) is 1. The van der Waals surface area contributed by atoms with Crippen molar-refractivity contribution in [3.63, 3.8) is 0 Å². The highest BCUT2D eigenvalue weighted by Crippen LogP contribution is 2.30. The largest absolute Gasteiger partial charge is 0.311 e. The Balaban J connectivity index is 1.70. The Kier molecular flexibility index (Phi) is 4.52. The average molecular weight is 284 g/mol. The third-order valence-corrected chi connectivity index (χ3v) is 4.80. The van der Waals surface area contributed by atoms with E-state index >= 15 is 0 Å². The molecule has 1 aromatic heterocycles. The molecular formula is C17H24N4. The quantitative estimate of drug-likeness (QED) is 0.902. The average Bonchev–Trinajstić information content (AvgIpc) is 2.85. The van der Waals surface area contributed by atoms with Gasteiger partial charge in [0.2, 0.25) is 0 Å². The lowest BCUT2D eigenvalue weighted by Gasteiger charge is -2.37. The van der Waals surface area contributed by atoms with Crippen LogP contribution < -0.4 is 5.32 Å². The van der Waals surface area contributed by atoms with Crippen LogP contribution in [0.2, 0.25) is 0 Å². The van der Waals surface area contributed by atoms with Crippen molar-refractivity contribution < 1.29 is 0 Å². The molecule has 2 fully saturated rings. The molecule has 1 aromatic rings. The van der Waals surface area contributed by atoms with Gasteiger partial charge in [0.15, 0.2) is 0 Å². The molecule has 21 heavy (non-hydrogen) atoms. The lowest BCUT2D eigenvalue weighted by atomic mass is 9.97. The van der Waals surface area contributed by atoms with Crippen LogP contribution in [0.15, 0.2) is 18.3 Å². The first kappa shape index (κ1) is 14.5. The molecular weight excluding hydrogens is 260 g/mol. The molecule has 4 nitrogen and oxygen atoms in total. The Bertz CT molecular complexity index is 510. The van der Waals surface area contributed by atoms with E-state index in [0.29, 0.717) is 11.7 Å². The summed E-state index contributed by atoms with van der Waals surface area (Å²) >= 11 is 0.